The summed E-state index contributed by atoms with van der Waals surface area (Å²) in [5.41, 5.74) is 2.36. The number of methoxy groups -OCH3 is 1. The second kappa shape index (κ2) is 8.69. The smallest absolute Gasteiger partial charge is 0.387 e. The minimum absolute atomic E-state index is 0.0712. The van der Waals surface area contributed by atoms with Crippen molar-refractivity contribution >= 4 is 16.9 Å². The molecule has 1 amide bonds. The van der Waals surface area contributed by atoms with Crippen LogP contribution in [0.1, 0.15) is 18.3 Å². The summed E-state index contributed by atoms with van der Waals surface area (Å²) in [6.45, 7) is -0.672. The van der Waals surface area contributed by atoms with Gasteiger partial charge in [-0.05, 0) is 29.8 Å². The van der Waals surface area contributed by atoms with Gasteiger partial charge in [-0.15, -0.1) is 0 Å². The summed E-state index contributed by atoms with van der Waals surface area (Å²) in [6.07, 6.45) is 0.703. The Bertz CT molecular complexity index is 972. The Morgan fingerprint density at radius 2 is 2.00 bits per heavy atom. The van der Waals surface area contributed by atoms with E-state index in [1.165, 1.54) is 19.2 Å². The first-order valence-corrected chi connectivity index (χ1v) is 8.84. The number of carbonyl (C=O) groups is 1. The zero-order valence-electron chi connectivity index (χ0n) is 15.6. The van der Waals surface area contributed by atoms with E-state index in [1.54, 1.807) is 6.07 Å². The van der Waals surface area contributed by atoms with Crippen LogP contribution in [0.3, 0.4) is 0 Å². The number of nitrogens with one attached hydrogen (secondary N) is 1. The van der Waals surface area contributed by atoms with Gasteiger partial charge in [-0.25, -0.2) is 4.98 Å². The number of ether oxygens (including phenoxy) is 2. The third-order valence-corrected chi connectivity index (χ3v) is 4.29. The summed E-state index contributed by atoms with van der Waals surface area (Å²) in [5.74, 6) is 0.754. The monoisotopic (exact) mass is 389 g/mol. The van der Waals surface area contributed by atoms with Crippen LogP contribution >= 0.6 is 0 Å². The first-order valence-electron chi connectivity index (χ1n) is 8.84. The SMILES string of the molecule is CCc1nc2ccccc2n1CC(=O)NCc1ccc(OC)c(OC(F)F)c1. The van der Waals surface area contributed by atoms with Crippen LogP contribution in [0.5, 0.6) is 11.5 Å². The number of fused-ring (bicyclic) bond motifs is 1. The third-order valence-electron chi connectivity index (χ3n) is 4.29. The highest BCUT2D eigenvalue weighted by Gasteiger charge is 2.14. The van der Waals surface area contributed by atoms with Crippen LogP contribution in [0.2, 0.25) is 0 Å². The van der Waals surface area contributed by atoms with Crippen LogP contribution in [-0.2, 0) is 24.3 Å². The Hall–Kier alpha value is -3.16. The predicted molar refractivity (Wildman–Crippen MR) is 101 cm³/mol. The molecule has 0 unspecified atom stereocenters. The maximum atomic E-state index is 12.5. The lowest BCUT2D eigenvalue weighted by Crippen LogP contribution is -2.27. The van der Waals surface area contributed by atoms with Crippen molar-refractivity contribution in [1.82, 2.24) is 14.9 Å². The molecule has 0 aliphatic carbocycles. The highest BCUT2D eigenvalue weighted by molar-refractivity contribution is 5.81. The number of alkyl halides is 2. The zero-order valence-corrected chi connectivity index (χ0v) is 15.6. The topological polar surface area (TPSA) is 65.4 Å². The van der Waals surface area contributed by atoms with E-state index in [9.17, 15) is 13.6 Å². The van der Waals surface area contributed by atoms with E-state index in [0.29, 0.717) is 12.0 Å². The van der Waals surface area contributed by atoms with E-state index in [0.717, 1.165) is 16.9 Å². The van der Waals surface area contributed by atoms with E-state index >= 15 is 0 Å². The lowest BCUT2D eigenvalue weighted by molar-refractivity contribution is -0.121. The number of aromatic nitrogens is 2. The Labute approximate surface area is 161 Å². The van der Waals surface area contributed by atoms with Gasteiger partial charge in [0.2, 0.25) is 5.91 Å². The number of hydrogen-bond donors (Lipinski definition) is 1. The Balaban J connectivity index is 1.70. The number of imidazole rings is 1. The van der Waals surface area contributed by atoms with E-state index in [2.05, 4.69) is 15.0 Å². The number of nitrogens with zero attached hydrogens (tertiary/aromatic N) is 2. The summed E-state index contributed by atoms with van der Waals surface area (Å²) in [4.78, 5) is 17.0. The molecule has 1 N–H and O–H groups in total. The number of rotatable bonds is 8. The maximum absolute atomic E-state index is 12.5. The van der Waals surface area contributed by atoms with Crippen LogP contribution in [-0.4, -0.2) is 29.2 Å². The van der Waals surface area contributed by atoms with Gasteiger partial charge in [0, 0.05) is 13.0 Å². The Morgan fingerprint density at radius 1 is 1.21 bits per heavy atom. The number of carbonyl (C=O) groups excluding carboxylic acids is 1. The second-order valence-corrected chi connectivity index (χ2v) is 6.10. The maximum Gasteiger partial charge on any atom is 0.387 e. The molecule has 0 spiro atoms. The van der Waals surface area contributed by atoms with Crippen molar-refractivity contribution in [3.63, 3.8) is 0 Å². The molecule has 148 valence electrons. The fourth-order valence-corrected chi connectivity index (χ4v) is 2.99. The normalized spacial score (nSPS) is 11.0. The molecule has 8 heteroatoms. The van der Waals surface area contributed by atoms with Crippen LogP contribution in [0, 0.1) is 0 Å². The molecule has 0 radical (unpaired) electrons. The summed E-state index contributed by atoms with van der Waals surface area (Å²) < 4.78 is 36.4. The number of para-hydroxylation sites is 2. The first kappa shape index (κ1) is 19.6. The molecule has 1 aromatic heterocycles. The predicted octanol–water partition coefficient (Wildman–Crippen LogP) is 3.53. The van der Waals surface area contributed by atoms with Crippen molar-refractivity contribution < 1.29 is 23.0 Å². The van der Waals surface area contributed by atoms with E-state index in [1.807, 2.05) is 35.8 Å². The Kier molecular flexibility index (Phi) is 6.08. The van der Waals surface area contributed by atoms with E-state index in [-0.39, 0.29) is 30.5 Å². The van der Waals surface area contributed by atoms with Crippen molar-refractivity contribution in [2.45, 2.75) is 33.0 Å². The highest BCUT2D eigenvalue weighted by Crippen LogP contribution is 2.29. The summed E-state index contributed by atoms with van der Waals surface area (Å²) in [6, 6.07) is 12.3. The van der Waals surface area contributed by atoms with Crippen LogP contribution in [0.25, 0.3) is 11.0 Å². The van der Waals surface area contributed by atoms with Crippen molar-refractivity contribution in [2.24, 2.45) is 0 Å². The van der Waals surface area contributed by atoms with Gasteiger partial charge in [0.05, 0.1) is 18.1 Å². The molecule has 0 saturated carbocycles. The van der Waals surface area contributed by atoms with Gasteiger partial charge in [-0.1, -0.05) is 25.1 Å². The van der Waals surface area contributed by atoms with Crippen molar-refractivity contribution in [3.8, 4) is 11.5 Å². The van der Waals surface area contributed by atoms with Crippen molar-refractivity contribution in [2.75, 3.05) is 7.11 Å². The number of benzene rings is 2. The summed E-state index contributed by atoms with van der Waals surface area (Å²) in [5, 5.41) is 2.80. The molecule has 0 bridgehead atoms. The molecule has 0 fully saturated rings. The van der Waals surface area contributed by atoms with Gasteiger partial charge in [0.15, 0.2) is 11.5 Å². The molecule has 3 aromatic rings. The fraction of sp³-hybridized carbons (Fsp3) is 0.300. The highest BCUT2D eigenvalue weighted by atomic mass is 19.3. The van der Waals surface area contributed by atoms with Gasteiger partial charge >= 0.3 is 6.61 Å². The molecule has 0 aliphatic rings. The van der Waals surface area contributed by atoms with Crippen LogP contribution < -0.4 is 14.8 Å². The molecule has 0 atom stereocenters. The molecule has 0 saturated heterocycles. The van der Waals surface area contributed by atoms with Crippen molar-refractivity contribution in [1.29, 1.82) is 0 Å². The number of aryl methyl sites for hydroxylation is 1. The summed E-state index contributed by atoms with van der Waals surface area (Å²) >= 11 is 0. The van der Waals surface area contributed by atoms with Crippen LogP contribution in [0.15, 0.2) is 42.5 Å². The molecule has 28 heavy (non-hydrogen) atoms. The minimum atomic E-state index is -2.96. The number of amides is 1. The lowest BCUT2D eigenvalue weighted by Gasteiger charge is -2.13. The fourth-order valence-electron chi connectivity index (χ4n) is 2.99. The molecule has 0 aliphatic heterocycles. The Morgan fingerprint density at radius 3 is 2.71 bits per heavy atom. The van der Waals surface area contributed by atoms with E-state index < -0.39 is 6.61 Å². The van der Waals surface area contributed by atoms with Crippen molar-refractivity contribution in [3.05, 3.63) is 53.9 Å². The lowest BCUT2D eigenvalue weighted by atomic mass is 10.2. The van der Waals surface area contributed by atoms with E-state index in [4.69, 9.17) is 4.74 Å². The molecule has 6 nitrogen and oxygen atoms in total. The average molecular weight is 389 g/mol. The minimum Gasteiger partial charge on any atom is -0.493 e. The zero-order chi connectivity index (χ0) is 20.1. The average Bonchev–Trinajstić information content (AvgIpc) is 3.04. The first-order chi connectivity index (χ1) is 13.5. The molecular weight excluding hydrogens is 368 g/mol. The number of halogens is 2. The second-order valence-electron chi connectivity index (χ2n) is 6.10. The van der Waals surface area contributed by atoms with Crippen LogP contribution in [0.4, 0.5) is 8.78 Å². The molecule has 2 aromatic carbocycles. The quantitative estimate of drug-likeness (QED) is 0.640. The molecule has 1 heterocycles. The van der Waals surface area contributed by atoms with Gasteiger partial charge in [0.1, 0.15) is 12.4 Å². The largest absolute Gasteiger partial charge is 0.493 e. The van der Waals surface area contributed by atoms with Gasteiger partial charge in [-0.2, -0.15) is 8.78 Å². The summed E-state index contributed by atoms with van der Waals surface area (Å²) in [7, 11) is 1.37. The number of hydrogen-bond acceptors (Lipinski definition) is 4. The molecular formula is C20H21F2N3O3. The molecule has 3 rings (SSSR count). The third kappa shape index (κ3) is 4.39. The van der Waals surface area contributed by atoms with Gasteiger partial charge in [0.25, 0.3) is 0 Å². The van der Waals surface area contributed by atoms with Gasteiger partial charge in [-0.3, -0.25) is 4.79 Å². The standard InChI is InChI=1S/C20H21F2N3O3/c1-3-18-24-14-6-4-5-7-15(14)25(18)12-19(26)23-11-13-8-9-16(27-2)17(10-13)28-20(21)22/h4-10,20H,3,11-12H2,1-2H3,(H,23,26). The van der Waals surface area contributed by atoms with Gasteiger partial charge < -0.3 is 19.4 Å².